The van der Waals surface area contributed by atoms with E-state index in [1.165, 1.54) is 25.5 Å². The quantitative estimate of drug-likeness (QED) is 0.120. The predicted molar refractivity (Wildman–Crippen MR) is 155 cm³/mol. The summed E-state index contributed by atoms with van der Waals surface area (Å²) in [6.07, 6.45) is 1.29. The number of methoxy groups -OCH3 is 1. The standard InChI is InChI=1S/C28H22Br2N2O6S/c1-36-26-15-20(12-13-25(26)37-18-19-8-4-2-5-9-19)28(33)32-31-17-21-14-22(29)16-24(30)27(21)38-39(34,35)23-10-6-3-7-11-23/h2-17H,18H2,1H3,(H,32,33)/b31-17+. The van der Waals surface area contributed by atoms with Crippen molar-refractivity contribution in [1.29, 1.82) is 0 Å². The Morgan fingerprint density at radius 3 is 2.31 bits per heavy atom. The molecule has 0 atom stereocenters. The summed E-state index contributed by atoms with van der Waals surface area (Å²) in [7, 11) is -2.62. The van der Waals surface area contributed by atoms with Crippen LogP contribution in [0, 0.1) is 0 Å². The minimum atomic E-state index is -4.11. The largest absolute Gasteiger partial charge is 0.493 e. The fraction of sp³-hybridized carbons (Fsp3) is 0.0714. The fourth-order valence-corrected chi connectivity index (χ4v) is 5.84. The highest BCUT2D eigenvalue weighted by atomic mass is 79.9. The van der Waals surface area contributed by atoms with Crippen LogP contribution in [0.3, 0.4) is 0 Å². The zero-order chi connectivity index (χ0) is 27.8. The number of halogens is 2. The SMILES string of the molecule is COc1cc(C(=O)N/N=C/c2cc(Br)cc(Br)c2OS(=O)(=O)c2ccccc2)ccc1OCc1ccccc1. The molecule has 1 N–H and O–H groups in total. The van der Waals surface area contributed by atoms with E-state index in [0.29, 0.717) is 32.6 Å². The lowest BCUT2D eigenvalue weighted by molar-refractivity contribution is 0.0954. The Hall–Kier alpha value is -3.67. The van der Waals surface area contributed by atoms with Gasteiger partial charge in [-0.15, -0.1) is 0 Å². The second-order valence-corrected chi connectivity index (χ2v) is 11.3. The van der Waals surface area contributed by atoms with Gasteiger partial charge in [0, 0.05) is 15.6 Å². The zero-order valence-electron chi connectivity index (χ0n) is 20.5. The Bertz CT molecular complexity index is 1600. The first-order chi connectivity index (χ1) is 18.8. The number of hydrogen-bond acceptors (Lipinski definition) is 7. The normalized spacial score (nSPS) is 11.3. The average molecular weight is 674 g/mol. The highest BCUT2D eigenvalue weighted by Crippen LogP contribution is 2.34. The summed E-state index contributed by atoms with van der Waals surface area (Å²) in [4.78, 5) is 12.8. The van der Waals surface area contributed by atoms with Crippen LogP contribution in [0.5, 0.6) is 17.2 Å². The summed E-state index contributed by atoms with van der Waals surface area (Å²) in [5, 5.41) is 4.00. The molecule has 0 spiro atoms. The molecule has 4 aromatic carbocycles. The van der Waals surface area contributed by atoms with Crippen molar-refractivity contribution in [2.24, 2.45) is 5.10 Å². The molecule has 0 aliphatic heterocycles. The molecule has 0 heterocycles. The molecule has 0 aromatic heterocycles. The van der Waals surface area contributed by atoms with Gasteiger partial charge in [-0.05, 0) is 64.0 Å². The first-order valence-electron chi connectivity index (χ1n) is 11.4. The Morgan fingerprint density at radius 2 is 1.62 bits per heavy atom. The van der Waals surface area contributed by atoms with Gasteiger partial charge in [-0.3, -0.25) is 4.79 Å². The predicted octanol–water partition coefficient (Wildman–Crippen LogP) is 6.33. The first-order valence-corrected chi connectivity index (χ1v) is 14.4. The Labute approximate surface area is 243 Å². The molecule has 39 heavy (non-hydrogen) atoms. The number of nitrogens with zero attached hydrogens (tertiary/aromatic N) is 1. The second-order valence-electron chi connectivity index (χ2n) is 8.00. The van der Waals surface area contributed by atoms with Gasteiger partial charge >= 0.3 is 10.1 Å². The second kappa shape index (κ2) is 12.9. The third-order valence-corrected chi connectivity index (χ3v) is 7.58. The monoisotopic (exact) mass is 672 g/mol. The molecule has 0 bridgehead atoms. The van der Waals surface area contributed by atoms with Crippen LogP contribution in [0.15, 0.2) is 110 Å². The maximum absolute atomic E-state index is 12.8. The zero-order valence-corrected chi connectivity index (χ0v) is 24.5. The highest BCUT2D eigenvalue weighted by Gasteiger charge is 2.21. The Morgan fingerprint density at radius 1 is 0.923 bits per heavy atom. The van der Waals surface area contributed by atoms with Gasteiger partial charge in [-0.2, -0.15) is 13.5 Å². The molecule has 1 amide bonds. The molecule has 0 aliphatic rings. The number of benzene rings is 4. The number of carbonyl (C=O) groups excluding carboxylic acids is 1. The minimum Gasteiger partial charge on any atom is -0.493 e. The van der Waals surface area contributed by atoms with Crippen LogP contribution >= 0.6 is 31.9 Å². The first kappa shape index (κ1) is 28.3. The van der Waals surface area contributed by atoms with Crippen LogP contribution in [0.4, 0.5) is 0 Å². The van der Waals surface area contributed by atoms with E-state index in [9.17, 15) is 13.2 Å². The highest BCUT2D eigenvalue weighted by molar-refractivity contribution is 9.11. The number of nitrogens with one attached hydrogen (secondary N) is 1. The van der Waals surface area contributed by atoms with Gasteiger partial charge in [0.1, 0.15) is 11.5 Å². The molecular formula is C28H22Br2N2O6S. The van der Waals surface area contributed by atoms with Crippen LogP contribution in [-0.2, 0) is 16.7 Å². The van der Waals surface area contributed by atoms with Crippen LogP contribution in [0.2, 0.25) is 0 Å². The van der Waals surface area contributed by atoms with Crippen molar-refractivity contribution < 1.29 is 26.9 Å². The summed E-state index contributed by atoms with van der Waals surface area (Å²) in [6.45, 7) is 0.347. The van der Waals surface area contributed by atoms with Gasteiger partial charge in [-0.25, -0.2) is 5.43 Å². The average Bonchev–Trinajstić information content (AvgIpc) is 2.94. The van der Waals surface area contributed by atoms with Crippen LogP contribution in [0.25, 0.3) is 0 Å². The summed E-state index contributed by atoms with van der Waals surface area (Å²) < 4.78 is 43.2. The number of carbonyl (C=O) groups is 1. The molecule has 200 valence electrons. The van der Waals surface area contributed by atoms with Crippen molar-refractivity contribution in [3.8, 4) is 17.2 Å². The number of amides is 1. The molecule has 4 aromatic rings. The summed E-state index contributed by atoms with van der Waals surface area (Å²) in [5.74, 6) is 0.385. The lowest BCUT2D eigenvalue weighted by atomic mass is 10.2. The van der Waals surface area contributed by atoms with Crippen LogP contribution in [0.1, 0.15) is 21.5 Å². The van der Waals surface area contributed by atoms with E-state index in [0.717, 1.165) is 5.56 Å². The Kier molecular flexibility index (Phi) is 9.39. The number of ether oxygens (including phenoxy) is 2. The van der Waals surface area contributed by atoms with E-state index >= 15 is 0 Å². The molecule has 0 fully saturated rings. The minimum absolute atomic E-state index is 0.00107. The van der Waals surface area contributed by atoms with Crippen molar-refractivity contribution in [3.05, 3.63) is 117 Å². The van der Waals surface area contributed by atoms with Gasteiger partial charge < -0.3 is 13.7 Å². The van der Waals surface area contributed by atoms with Crippen molar-refractivity contribution in [1.82, 2.24) is 5.43 Å². The van der Waals surface area contributed by atoms with E-state index in [4.69, 9.17) is 13.7 Å². The van der Waals surface area contributed by atoms with Crippen molar-refractivity contribution in [3.63, 3.8) is 0 Å². The van der Waals surface area contributed by atoms with Gasteiger partial charge in [-0.1, -0.05) is 64.5 Å². The maximum atomic E-state index is 12.8. The van der Waals surface area contributed by atoms with Crippen molar-refractivity contribution >= 4 is 54.1 Å². The molecule has 0 saturated carbocycles. The molecule has 0 unspecified atom stereocenters. The van der Waals surface area contributed by atoms with E-state index in [-0.39, 0.29) is 16.2 Å². The lowest BCUT2D eigenvalue weighted by Gasteiger charge is -2.12. The van der Waals surface area contributed by atoms with Gasteiger partial charge in [0.25, 0.3) is 5.91 Å². The summed E-state index contributed by atoms with van der Waals surface area (Å²) >= 11 is 6.71. The van der Waals surface area contributed by atoms with E-state index in [2.05, 4.69) is 42.4 Å². The Balaban J connectivity index is 1.48. The fourth-order valence-electron chi connectivity index (χ4n) is 3.40. The maximum Gasteiger partial charge on any atom is 0.339 e. The summed E-state index contributed by atoms with van der Waals surface area (Å²) in [6, 6.07) is 25.5. The topological polar surface area (TPSA) is 103 Å². The number of hydrogen-bond donors (Lipinski definition) is 1. The molecule has 8 nitrogen and oxygen atoms in total. The van der Waals surface area contributed by atoms with E-state index in [1.807, 2.05) is 30.3 Å². The molecular weight excluding hydrogens is 652 g/mol. The smallest absolute Gasteiger partial charge is 0.339 e. The van der Waals surface area contributed by atoms with E-state index in [1.54, 1.807) is 48.5 Å². The summed E-state index contributed by atoms with van der Waals surface area (Å²) in [5.41, 5.74) is 4.02. The van der Waals surface area contributed by atoms with E-state index < -0.39 is 16.0 Å². The van der Waals surface area contributed by atoms with Gasteiger partial charge in [0.15, 0.2) is 17.2 Å². The number of rotatable bonds is 10. The molecule has 0 saturated heterocycles. The van der Waals surface area contributed by atoms with Crippen LogP contribution in [-0.4, -0.2) is 27.6 Å². The molecule has 4 rings (SSSR count). The lowest BCUT2D eigenvalue weighted by Crippen LogP contribution is -2.18. The van der Waals surface area contributed by atoms with Crippen LogP contribution < -0.4 is 19.1 Å². The van der Waals surface area contributed by atoms with Crippen molar-refractivity contribution in [2.45, 2.75) is 11.5 Å². The molecule has 11 heteroatoms. The number of hydrazone groups is 1. The van der Waals surface area contributed by atoms with Gasteiger partial charge in [0.05, 0.1) is 17.8 Å². The van der Waals surface area contributed by atoms with Gasteiger partial charge in [0.2, 0.25) is 0 Å². The van der Waals surface area contributed by atoms with Crippen molar-refractivity contribution in [2.75, 3.05) is 7.11 Å². The molecule has 0 radical (unpaired) electrons. The molecule has 0 aliphatic carbocycles. The third kappa shape index (κ3) is 7.47. The third-order valence-electron chi connectivity index (χ3n) is 5.29.